The van der Waals surface area contributed by atoms with Gasteiger partial charge in [0.1, 0.15) is 34.7 Å². The number of H-pyrrole nitrogens is 1. The van der Waals surface area contributed by atoms with Gasteiger partial charge >= 0.3 is 16.4 Å². The van der Waals surface area contributed by atoms with Crippen LogP contribution in [0.2, 0.25) is 0 Å². The minimum absolute atomic E-state index is 0.0221. The van der Waals surface area contributed by atoms with E-state index in [-0.39, 0.29) is 57.6 Å². The van der Waals surface area contributed by atoms with E-state index >= 15 is 0 Å². The Kier molecular flexibility index (Phi) is 9.14. The summed E-state index contributed by atoms with van der Waals surface area (Å²) in [5.74, 6) is -2.31. The molecular weight excluding hydrogens is 753 g/mol. The van der Waals surface area contributed by atoms with Crippen molar-refractivity contribution in [3.05, 3.63) is 132 Å². The Bertz CT molecular complexity index is 2940. The van der Waals surface area contributed by atoms with Gasteiger partial charge in [0.05, 0.1) is 29.2 Å². The summed E-state index contributed by atoms with van der Waals surface area (Å²) in [5, 5.41) is 54.9. The molecule has 0 spiro atoms. The largest absolute Gasteiger partial charge is 0.508 e. The molecule has 2 heterocycles. The Labute approximate surface area is 324 Å². The summed E-state index contributed by atoms with van der Waals surface area (Å²) in [6.07, 6.45) is 0.365. The van der Waals surface area contributed by atoms with Crippen LogP contribution in [0.4, 0.5) is 0 Å². The van der Waals surface area contributed by atoms with Crippen molar-refractivity contribution in [1.82, 2.24) is 9.55 Å². The fourth-order valence-corrected chi connectivity index (χ4v) is 8.00. The Morgan fingerprint density at radius 3 is 1.81 bits per heavy atom. The van der Waals surface area contributed by atoms with Gasteiger partial charge < -0.3 is 44.0 Å². The highest BCUT2D eigenvalue weighted by atomic mass is 32.3. The number of nitrogens with zero attached hydrogens (tertiary/aromatic N) is 1. The normalized spacial score (nSPS) is 12.3. The number of nitrogens with one attached hydrogen (secondary N) is 1. The van der Waals surface area contributed by atoms with Crippen LogP contribution in [0.1, 0.15) is 22.7 Å². The molecule has 0 fully saturated rings. The lowest BCUT2D eigenvalue weighted by molar-refractivity contribution is -0.141. The number of fused-ring (bicyclic) bond motifs is 5. The number of phenols is 5. The second-order valence-corrected chi connectivity index (χ2v) is 14.5. The lowest BCUT2D eigenvalue weighted by atomic mass is 9.88. The van der Waals surface area contributed by atoms with Gasteiger partial charge in [-0.25, -0.2) is 0 Å². The Morgan fingerprint density at radius 1 is 0.702 bits per heavy atom. The van der Waals surface area contributed by atoms with Crippen LogP contribution in [-0.2, 0) is 32.9 Å². The molecule has 0 saturated carbocycles. The number of para-hydroxylation sites is 1. The van der Waals surface area contributed by atoms with Gasteiger partial charge in [0.25, 0.3) is 0 Å². The Morgan fingerprint density at radius 2 is 1.25 bits per heavy atom. The van der Waals surface area contributed by atoms with Gasteiger partial charge in [-0.15, -0.1) is 0 Å². The molecule has 0 bridgehead atoms. The van der Waals surface area contributed by atoms with E-state index in [0.29, 0.717) is 56.0 Å². The van der Waals surface area contributed by atoms with Crippen LogP contribution >= 0.6 is 0 Å². The molecule has 8 rings (SSSR count). The second kappa shape index (κ2) is 14.2. The molecule has 8 aromatic rings. The standard InChI is InChI=1S/C43H34N2O11S/c1-55-43(51)35(26-11-19-30(49)20-12-26)40-33(24-7-15-28(47)16-8-24)37-36-31-3-2-4-32(56-57(52,53)54)38(31)44-39(36)42(50)34(25-9-17-29(48)18-10-25)41(37)45(40)22-21-23-5-13-27(46)14-6-23/h2-20,35,44,46-50H,21-22H2,1H3,(H,52,53,54)/t35-/m0/s1. The minimum Gasteiger partial charge on any atom is -0.508 e. The first-order valence-electron chi connectivity index (χ1n) is 17.6. The highest BCUT2D eigenvalue weighted by Crippen LogP contribution is 2.53. The fraction of sp³-hybridized carbons (Fsp3) is 0.0930. The van der Waals surface area contributed by atoms with Crippen molar-refractivity contribution in [2.24, 2.45) is 0 Å². The molecule has 2 aromatic heterocycles. The van der Waals surface area contributed by atoms with E-state index in [0.717, 1.165) is 5.56 Å². The van der Waals surface area contributed by atoms with Gasteiger partial charge in [-0.3, -0.25) is 9.35 Å². The topological polar surface area (TPSA) is 212 Å². The van der Waals surface area contributed by atoms with E-state index in [9.17, 15) is 43.3 Å². The molecule has 14 heteroatoms. The number of methoxy groups -OCH3 is 1. The Hall–Kier alpha value is -7.16. The summed E-state index contributed by atoms with van der Waals surface area (Å²) in [7, 11) is -3.72. The zero-order chi connectivity index (χ0) is 40.2. The third-order valence-corrected chi connectivity index (χ3v) is 10.5. The lowest BCUT2D eigenvalue weighted by Gasteiger charge is -2.22. The van der Waals surface area contributed by atoms with E-state index in [2.05, 4.69) is 4.98 Å². The Balaban J connectivity index is 1.63. The van der Waals surface area contributed by atoms with Crippen molar-refractivity contribution in [2.75, 3.05) is 7.11 Å². The highest BCUT2D eigenvalue weighted by Gasteiger charge is 2.36. The number of carbonyl (C=O) groups excluding carboxylic acids is 1. The zero-order valence-corrected chi connectivity index (χ0v) is 30.9. The van der Waals surface area contributed by atoms with Gasteiger partial charge in [-0.05, 0) is 83.3 Å². The molecule has 57 heavy (non-hydrogen) atoms. The lowest BCUT2D eigenvalue weighted by Crippen LogP contribution is -2.21. The average Bonchev–Trinajstić information content (AvgIpc) is 3.73. The first kappa shape index (κ1) is 36.8. The molecule has 7 N–H and O–H groups in total. The predicted molar refractivity (Wildman–Crippen MR) is 213 cm³/mol. The smallest absolute Gasteiger partial charge is 0.446 e. The number of phenolic OH excluding ortho intramolecular Hbond substituents is 5. The maximum absolute atomic E-state index is 14.3. The first-order chi connectivity index (χ1) is 27.3. The molecule has 0 unspecified atom stereocenters. The number of rotatable bonds is 10. The number of hydrogen-bond donors (Lipinski definition) is 7. The summed E-state index contributed by atoms with van der Waals surface area (Å²) in [6.45, 7) is 0.190. The minimum atomic E-state index is -4.98. The van der Waals surface area contributed by atoms with E-state index in [1.54, 1.807) is 66.7 Å². The van der Waals surface area contributed by atoms with Gasteiger partial charge in [0.2, 0.25) is 0 Å². The summed E-state index contributed by atoms with van der Waals surface area (Å²) < 4.78 is 46.1. The average molecular weight is 787 g/mol. The molecule has 13 nitrogen and oxygen atoms in total. The molecule has 1 atom stereocenters. The predicted octanol–water partition coefficient (Wildman–Crippen LogP) is 7.87. The van der Waals surface area contributed by atoms with E-state index < -0.39 is 22.3 Å². The van der Waals surface area contributed by atoms with Crippen molar-refractivity contribution in [3.63, 3.8) is 0 Å². The molecule has 0 aliphatic carbocycles. The number of carbonyl (C=O) groups is 1. The van der Waals surface area contributed by atoms with Crippen LogP contribution in [0.15, 0.2) is 115 Å². The number of aromatic nitrogens is 2. The first-order valence-corrected chi connectivity index (χ1v) is 18.9. The molecule has 0 radical (unpaired) electrons. The van der Waals surface area contributed by atoms with Crippen molar-refractivity contribution >= 4 is 49.1 Å². The summed E-state index contributed by atoms with van der Waals surface area (Å²) >= 11 is 0. The van der Waals surface area contributed by atoms with Gasteiger partial charge in [0, 0.05) is 34.0 Å². The van der Waals surface area contributed by atoms with Crippen molar-refractivity contribution in [2.45, 2.75) is 18.9 Å². The number of benzene rings is 6. The monoisotopic (exact) mass is 786 g/mol. The number of ether oxygens (including phenoxy) is 1. The summed E-state index contributed by atoms with van der Waals surface area (Å²) in [5.41, 5.74) is 4.24. The van der Waals surface area contributed by atoms with Crippen LogP contribution in [0, 0.1) is 0 Å². The van der Waals surface area contributed by atoms with Crippen molar-refractivity contribution < 1.29 is 52.2 Å². The van der Waals surface area contributed by atoms with Crippen LogP contribution in [0.25, 0.3) is 55.0 Å². The molecular formula is C43H34N2O11S. The third kappa shape index (κ3) is 6.66. The van der Waals surface area contributed by atoms with Crippen molar-refractivity contribution in [1.29, 1.82) is 0 Å². The number of aryl methyl sites for hydroxylation is 2. The van der Waals surface area contributed by atoms with E-state index in [4.69, 9.17) is 8.92 Å². The number of esters is 1. The second-order valence-electron chi connectivity index (χ2n) is 13.5. The van der Waals surface area contributed by atoms with E-state index in [1.807, 2.05) is 4.57 Å². The van der Waals surface area contributed by atoms with Gasteiger partial charge in [-0.2, -0.15) is 8.42 Å². The molecule has 0 aliphatic heterocycles. The van der Waals surface area contributed by atoms with E-state index in [1.165, 1.54) is 55.6 Å². The quantitative estimate of drug-likeness (QED) is 0.0524. The fourth-order valence-electron chi connectivity index (χ4n) is 7.64. The third-order valence-electron chi connectivity index (χ3n) is 10.1. The van der Waals surface area contributed by atoms with Crippen LogP contribution < -0.4 is 4.18 Å². The van der Waals surface area contributed by atoms with Gasteiger partial charge in [0.15, 0.2) is 5.75 Å². The highest BCUT2D eigenvalue weighted by molar-refractivity contribution is 7.81. The summed E-state index contributed by atoms with van der Waals surface area (Å²) in [6, 6.07) is 29.9. The van der Waals surface area contributed by atoms with Crippen molar-refractivity contribution in [3.8, 4) is 56.8 Å². The molecule has 0 amide bonds. The maximum atomic E-state index is 14.3. The summed E-state index contributed by atoms with van der Waals surface area (Å²) in [4.78, 5) is 17.4. The maximum Gasteiger partial charge on any atom is 0.446 e. The zero-order valence-electron chi connectivity index (χ0n) is 30.0. The molecule has 6 aromatic carbocycles. The van der Waals surface area contributed by atoms with Gasteiger partial charge in [-0.1, -0.05) is 60.7 Å². The SMILES string of the molecule is COC(=O)[C@@H](c1ccc(O)cc1)c1c(-c2ccc(O)cc2)c2c3c([nH]c4c(OS(=O)(=O)O)cccc43)c(O)c(-c3ccc(O)cc3)c2n1CCc1ccc(O)cc1. The molecule has 288 valence electrons. The molecule has 0 aliphatic rings. The van der Waals surface area contributed by atoms with Crippen LogP contribution in [0.5, 0.6) is 34.5 Å². The van der Waals surface area contributed by atoms with Crippen LogP contribution in [-0.4, -0.2) is 61.1 Å². The molecule has 0 saturated heterocycles. The van der Waals surface area contributed by atoms with Crippen LogP contribution in [0.3, 0.4) is 0 Å². The number of hydrogen-bond acceptors (Lipinski definition) is 10. The number of aromatic hydroxyl groups is 5. The number of aromatic amines is 1.